The van der Waals surface area contributed by atoms with Gasteiger partial charge in [0.05, 0.1) is 0 Å². The SMILES string of the molecule is CCCCC(CC)CN(CC(CC)CCCC)C(=O)Oc1ccc(OCc2ccccc2)cc1. The lowest BCUT2D eigenvalue weighted by atomic mass is 9.96. The predicted octanol–water partition coefficient (Wildman–Crippen LogP) is 8.50. The Morgan fingerprint density at radius 3 is 1.79 bits per heavy atom. The molecule has 1 amide bonds. The highest BCUT2D eigenvalue weighted by Gasteiger charge is 2.23. The zero-order valence-corrected chi connectivity index (χ0v) is 21.8. The summed E-state index contributed by atoms with van der Waals surface area (Å²) in [5, 5.41) is 0. The summed E-state index contributed by atoms with van der Waals surface area (Å²) in [6.07, 6.45) is 9.06. The van der Waals surface area contributed by atoms with E-state index in [1.165, 1.54) is 25.7 Å². The Kier molecular flexibility index (Phi) is 13.2. The number of unbranched alkanes of at least 4 members (excludes halogenated alkanes) is 2. The molecule has 0 radical (unpaired) electrons. The van der Waals surface area contributed by atoms with Gasteiger partial charge in [0.15, 0.2) is 0 Å². The van der Waals surface area contributed by atoms with Gasteiger partial charge in [-0.2, -0.15) is 0 Å². The minimum absolute atomic E-state index is 0.233. The van der Waals surface area contributed by atoms with Crippen LogP contribution < -0.4 is 9.47 Å². The van der Waals surface area contributed by atoms with Crippen LogP contribution in [0.5, 0.6) is 11.5 Å². The van der Waals surface area contributed by atoms with E-state index in [1.54, 1.807) is 0 Å². The van der Waals surface area contributed by atoms with E-state index >= 15 is 0 Å². The van der Waals surface area contributed by atoms with E-state index in [0.29, 0.717) is 24.2 Å². The molecule has 2 atom stereocenters. The quantitative estimate of drug-likeness (QED) is 0.248. The number of carbonyl (C=O) groups is 1. The van der Waals surface area contributed by atoms with Gasteiger partial charge in [-0.25, -0.2) is 4.79 Å². The van der Waals surface area contributed by atoms with Crippen LogP contribution in [-0.2, 0) is 6.61 Å². The fourth-order valence-corrected chi connectivity index (χ4v) is 4.19. The Balaban J connectivity index is 2.00. The Hall–Kier alpha value is -2.49. The molecule has 0 heterocycles. The van der Waals surface area contributed by atoms with Crippen LogP contribution in [-0.4, -0.2) is 24.1 Å². The second-order valence-electron chi connectivity index (χ2n) is 9.35. The molecule has 0 N–H and O–H groups in total. The van der Waals surface area contributed by atoms with Crippen molar-refractivity contribution >= 4 is 6.09 Å². The van der Waals surface area contributed by atoms with Gasteiger partial charge in [-0.3, -0.25) is 0 Å². The second kappa shape index (κ2) is 16.2. The zero-order valence-electron chi connectivity index (χ0n) is 21.8. The number of amides is 1. The maximum absolute atomic E-state index is 13.2. The minimum Gasteiger partial charge on any atom is -0.489 e. The molecule has 2 unspecified atom stereocenters. The maximum Gasteiger partial charge on any atom is 0.415 e. The van der Waals surface area contributed by atoms with Gasteiger partial charge < -0.3 is 14.4 Å². The summed E-state index contributed by atoms with van der Waals surface area (Å²) in [7, 11) is 0. The third-order valence-corrected chi connectivity index (χ3v) is 6.58. The van der Waals surface area contributed by atoms with E-state index in [9.17, 15) is 4.79 Å². The van der Waals surface area contributed by atoms with Gasteiger partial charge in [0.1, 0.15) is 18.1 Å². The van der Waals surface area contributed by atoms with Gasteiger partial charge >= 0.3 is 6.09 Å². The Morgan fingerprint density at radius 1 is 0.765 bits per heavy atom. The molecule has 2 aromatic rings. The minimum atomic E-state index is -0.233. The van der Waals surface area contributed by atoms with Crippen LogP contribution in [0.3, 0.4) is 0 Å². The first-order valence-electron chi connectivity index (χ1n) is 13.3. The van der Waals surface area contributed by atoms with Gasteiger partial charge in [-0.05, 0) is 54.5 Å². The van der Waals surface area contributed by atoms with Crippen molar-refractivity contribution in [1.82, 2.24) is 4.90 Å². The van der Waals surface area contributed by atoms with E-state index in [-0.39, 0.29) is 6.09 Å². The Labute approximate surface area is 207 Å². The van der Waals surface area contributed by atoms with E-state index < -0.39 is 0 Å². The Morgan fingerprint density at radius 2 is 1.29 bits per heavy atom. The van der Waals surface area contributed by atoms with Gasteiger partial charge in [-0.1, -0.05) is 96.6 Å². The molecule has 2 aromatic carbocycles. The lowest BCUT2D eigenvalue weighted by Gasteiger charge is -2.30. The smallest absolute Gasteiger partial charge is 0.415 e. The first-order chi connectivity index (χ1) is 16.6. The first kappa shape index (κ1) is 27.8. The van der Waals surface area contributed by atoms with E-state index in [0.717, 1.165) is 50.1 Å². The molecule has 0 aliphatic carbocycles. The molecule has 0 fully saturated rings. The van der Waals surface area contributed by atoms with Gasteiger partial charge in [0, 0.05) is 13.1 Å². The number of carbonyl (C=O) groups excluding carboxylic acids is 1. The largest absolute Gasteiger partial charge is 0.489 e. The lowest BCUT2D eigenvalue weighted by molar-refractivity contribution is 0.129. The highest BCUT2D eigenvalue weighted by molar-refractivity contribution is 5.70. The third-order valence-electron chi connectivity index (χ3n) is 6.58. The Bertz CT molecular complexity index is 772. The summed E-state index contributed by atoms with van der Waals surface area (Å²) < 4.78 is 11.7. The second-order valence-corrected chi connectivity index (χ2v) is 9.35. The number of benzene rings is 2. The maximum atomic E-state index is 13.2. The number of nitrogens with zero attached hydrogens (tertiary/aromatic N) is 1. The van der Waals surface area contributed by atoms with Crippen LogP contribution in [0.4, 0.5) is 4.79 Å². The summed E-state index contributed by atoms with van der Waals surface area (Å²) in [4.78, 5) is 15.2. The molecule has 0 saturated heterocycles. The first-order valence-corrected chi connectivity index (χ1v) is 13.3. The zero-order chi connectivity index (χ0) is 24.6. The molecule has 4 heteroatoms. The number of ether oxygens (including phenoxy) is 2. The summed E-state index contributed by atoms with van der Waals surface area (Å²) >= 11 is 0. The van der Waals surface area contributed by atoms with Crippen molar-refractivity contribution in [1.29, 1.82) is 0 Å². The molecule has 34 heavy (non-hydrogen) atoms. The predicted molar refractivity (Wildman–Crippen MR) is 141 cm³/mol. The average molecular weight is 468 g/mol. The van der Waals surface area contributed by atoms with Crippen LogP contribution >= 0.6 is 0 Å². The van der Waals surface area contributed by atoms with Gasteiger partial charge in [-0.15, -0.1) is 0 Å². The van der Waals surface area contributed by atoms with Crippen LogP contribution in [0.1, 0.15) is 84.6 Å². The monoisotopic (exact) mass is 467 g/mol. The normalized spacial score (nSPS) is 12.7. The van der Waals surface area contributed by atoms with Crippen LogP contribution in [0.15, 0.2) is 54.6 Å². The van der Waals surface area contributed by atoms with Crippen LogP contribution in [0.2, 0.25) is 0 Å². The number of hydrogen-bond acceptors (Lipinski definition) is 3. The van der Waals surface area contributed by atoms with E-state index in [2.05, 4.69) is 27.7 Å². The van der Waals surface area contributed by atoms with Crippen molar-refractivity contribution in [3.05, 3.63) is 60.2 Å². The molecule has 2 rings (SSSR count). The number of hydrogen-bond donors (Lipinski definition) is 0. The molecule has 0 aliphatic heterocycles. The summed E-state index contributed by atoms with van der Waals surface area (Å²) in [6, 6.07) is 17.4. The van der Waals surface area contributed by atoms with Gasteiger partial charge in [0.2, 0.25) is 0 Å². The molecule has 0 spiro atoms. The van der Waals surface area contributed by atoms with Crippen molar-refractivity contribution in [2.24, 2.45) is 11.8 Å². The standard InChI is InChI=1S/C30H45NO3/c1-5-9-14-25(7-3)22-31(23-26(8-4)15-10-6-2)30(32)34-29-20-18-28(19-21-29)33-24-27-16-12-11-13-17-27/h11-13,16-21,25-26H,5-10,14-15,22-24H2,1-4H3. The fraction of sp³-hybridized carbons (Fsp3) is 0.567. The summed E-state index contributed by atoms with van der Waals surface area (Å²) in [5.74, 6) is 2.36. The van der Waals surface area contributed by atoms with Crippen molar-refractivity contribution in [2.75, 3.05) is 13.1 Å². The summed E-state index contributed by atoms with van der Waals surface area (Å²) in [5.41, 5.74) is 1.12. The average Bonchev–Trinajstić information content (AvgIpc) is 2.88. The van der Waals surface area contributed by atoms with Crippen molar-refractivity contribution in [3.8, 4) is 11.5 Å². The van der Waals surface area contributed by atoms with Crippen molar-refractivity contribution in [2.45, 2.75) is 85.7 Å². The lowest BCUT2D eigenvalue weighted by Crippen LogP contribution is -2.40. The molecule has 0 bridgehead atoms. The molecule has 188 valence electrons. The topological polar surface area (TPSA) is 38.8 Å². The molecule has 0 saturated carbocycles. The van der Waals surface area contributed by atoms with Crippen molar-refractivity contribution in [3.63, 3.8) is 0 Å². The van der Waals surface area contributed by atoms with Crippen LogP contribution in [0, 0.1) is 11.8 Å². The van der Waals surface area contributed by atoms with Gasteiger partial charge in [0.25, 0.3) is 0 Å². The molecule has 0 aliphatic rings. The highest BCUT2D eigenvalue weighted by atomic mass is 16.6. The molecular formula is C30H45NO3. The third kappa shape index (κ3) is 10.2. The van der Waals surface area contributed by atoms with Crippen molar-refractivity contribution < 1.29 is 14.3 Å². The van der Waals surface area contributed by atoms with E-state index in [4.69, 9.17) is 9.47 Å². The highest BCUT2D eigenvalue weighted by Crippen LogP contribution is 2.22. The molecule has 4 nitrogen and oxygen atoms in total. The van der Waals surface area contributed by atoms with Crippen LogP contribution in [0.25, 0.3) is 0 Å². The number of rotatable bonds is 16. The summed E-state index contributed by atoms with van der Waals surface area (Å²) in [6.45, 7) is 11.0. The molecular weight excluding hydrogens is 422 g/mol. The van der Waals surface area contributed by atoms with E-state index in [1.807, 2.05) is 59.5 Å². The molecule has 0 aromatic heterocycles. The fourth-order valence-electron chi connectivity index (χ4n) is 4.19.